The van der Waals surface area contributed by atoms with Crippen LogP contribution in [0.25, 0.3) is 0 Å². The van der Waals surface area contributed by atoms with E-state index < -0.39 is 0 Å². The van der Waals surface area contributed by atoms with Gasteiger partial charge in [0, 0.05) is 50.5 Å². The average molecular weight is 525 g/mol. The maximum atomic E-state index is 13.6. The number of rotatable bonds is 11. The number of ketones is 1. The quantitative estimate of drug-likeness (QED) is 0.385. The van der Waals surface area contributed by atoms with Gasteiger partial charge in [-0.2, -0.15) is 0 Å². The predicted octanol–water partition coefficient (Wildman–Crippen LogP) is 3.59. The maximum Gasteiger partial charge on any atom is 0.254 e. The number of benzene rings is 2. The second-order valence-corrected chi connectivity index (χ2v) is 10.5. The fourth-order valence-electron chi connectivity index (χ4n) is 4.67. The number of amidine groups is 1. The average Bonchev–Trinajstić information content (AvgIpc) is 3.18. The first-order valence-corrected chi connectivity index (χ1v) is 12.9. The van der Waals surface area contributed by atoms with Gasteiger partial charge in [0.2, 0.25) is 0 Å². The van der Waals surface area contributed by atoms with E-state index in [1.54, 1.807) is 31.2 Å². The van der Waals surface area contributed by atoms with Gasteiger partial charge < -0.3 is 29.7 Å². The topological polar surface area (TPSA) is 115 Å². The predicted molar refractivity (Wildman–Crippen MR) is 149 cm³/mol. The summed E-state index contributed by atoms with van der Waals surface area (Å²) in [5.41, 5.74) is 3.78. The molecule has 0 atom stereocenters. The Balaban J connectivity index is 1.95. The SMILES string of the molecule is CCOc1cc2c(cc1C(=O)NC)C(=N)N(CC(=O)c1cc(N(C)CCCO)c(OC)c(C(C)(C)C)c1)C2. The molecule has 1 heterocycles. The second kappa shape index (κ2) is 11.9. The summed E-state index contributed by atoms with van der Waals surface area (Å²) >= 11 is 0. The summed E-state index contributed by atoms with van der Waals surface area (Å²) in [5, 5.41) is 20.7. The molecular weight excluding hydrogens is 484 g/mol. The highest BCUT2D eigenvalue weighted by atomic mass is 16.5. The Morgan fingerprint density at radius 3 is 2.50 bits per heavy atom. The van der Waals surface area contributed by atoms with Crippen molar-refractivity contribution in [1.29, 1.82) is 5.41 Å². The second-order valence-electron chi connectivity index (χ2n) is 10.5. The number of Topliss-reactive ketones (excluding diaryl/α,β-unsaturated/α-hetero) is 1. The molecule has 0 spiro atoms. The zero-order chi connectivity index (χ0) is 28.2. The zero-order valence-electron chi connectivity index (χ0n) is 23.5. The lowest BCUT2D eigenvalue weighted by Crippen LogP contribution is -2.31. The van der Waals surface area contributed by atoms with Crippen LogP contribution in [0.2, 0.25) is 0 Å². The van der Waals surface area contributed by atoms with Crippen molar-refractivity contribution in [2.45, 2.75) is 46.1 Å². The number of hydrogen-bond acceptors (Lipinski definition) is 7. The first kappa shape index (κ1) is 29.0. The van der Waals surface area contributed by atoms with E-state index in [9.17, 15) is 14.7 Å². The van der Waals surface area contributed by atoms with Crippen molar-refractivity contribution >= 4 is 23.2 Å². The van der Waals surface area contributed by atoms with Crippen molar-refractivity contribution in [3.63, 3.8) is 0 Å². The van der Waals surface area contributed by atoms with Gasteiger partial charge >= 0.3 is 0 Å². The molecule has 0 bridgehead atoms. The Morgan fingerprint density at radius 1 is 1.21 bits per heavy atom. The number of methoxy groups -OCH3 is 1. The number of fused-ring (bicyclic) bond motifs is 1. The monoisotopic (exact) mass is 524 g/mol. The first-order valence-electron chi connectivity index (χ1n) is 12.9. The molecule has 0 saturated heterocycles. The molecule has 206 valence electrons. The fraction of sp³-hybridized carbons (Fsp3) is 0.483. The van der Waals surface area contributed by atoms with Crippen LogP contribution in [-0.2, 0) is 12.0 Å². The third-order valence-electron chi connectivity index (χ3n) is 6.71. The molecule has 0 radical (unpaired) electrons. The summed E-state index contributed by atoms with van der Waals surface area (Å²) in [7, 11) is 5.10. The number of carbonyl (C=O) groups excluding carboxylic acids is 2. The van der Waals surface area contributed by atoms with Gasteiger partial charge in [-0.1, -0.05) is 20.8 Å². The minimum atomic E-state index is -0.288. The molecule has 1 aliphatic heterocycles. The number of aliphatic hydroxyl groups excluding tert-OH is 1. The lowest BCUT2D eigenvalue weighted by molar-refractivity contribution is 0.0953. The summed E-state index contributed by atoms with van der Waals surface area (Å²) in [6, 6.07) is 7.18. The number of ether oxygens (including phenoxy) is 2. The van der Waals surface area contributed by atoms with Crippen molar-refractivity contribution in [3.8, 4) is 11.5 Å². The molecule has 9 nitrogen and oxygen atoms in total. The van der Waals surface area contributed by atoms with Crippen LogP contribution < -0.4 is 19.7 Å². The van der Waals surface area contributed by atoms with Gasteiger partial charge in [0.1, 0.15) is 17.3 Å². The molecule has 1 amide bonds. The van der Waals surface area contributed by atoms with Gasteiger partial charge in [-0.05, 0) is 48.6 Å². The summed E-state index contributed by atoms with van der Waals surface area (Å²) in [5.74, 6) is 0.966. The Hall–Kier alpha value is -3.59. The van der Waals surface area contributed by atoms with Crippen LogP contribution in [0, 0.1) is 5.41 Å². The van der Waals surface area contributed by atoms with E-state index in [0.717, 1.165) is 16.8 Å². The number of nitrogens with one attached hydrogen (secondary N) is 2. The van der Waals surface area contributed by atoms with E-state index >= 15 is 0 Å². The smallest absolute Gasteiger partial charge is 0.254 e. The molecule has 3 rings (SSSR count). The minimum absolute atomic E-state index is 0.0164. The zero-order valence-corrected chi connectivity index (χ0v) is 23.5. The Kier molecular flexibility index (Phi) is 9.04. The van der Waals surface area contributed by atoms with Crippen LogP contribution in [0.4, 0.5) is 5.69 Å². The maximum absolute atomic E-state index is 13.6. The van der Waals surface area contributed by atoms with Crippen molar-refractivity contribution in [3.05, 3.63) is 52.1 Å². The Morgan fingerprint density at radius 2 is 1.92 bits per heavy atom. The molecule has 0 aliphatic carbocycles. The lowest BCUT2D eigenvalue weighted by atomic mass is 9.84. The minimum Gasteiger partial charge on any atom is -0.494 e. The van der Waals surface area contributed by atoms with Crippen LogP contribution >= 0.6 is 0 Å². The first-order chi connectivity index (χ1) is 18.0. The molecule has 0 aromatic heterocycles. The molecule has 1 aliphatic rings. The van der Waals surface area contributed by atoms with E-state index in [4.69, 9.17) is 14.9 Å². The molecular formula is C29H40N4O5. The van der Waals surface area contributed by atoms with Gasteiger partial charge in [-0.3, -0.25) is 15.0 Å². The third kappa shape index (κ3) is 5.93. The fourth-order valence-corrected chi connectivity index (χ4v) is 4.67. The molecule has 0 saturated carbocycles. The van der Waals surface area contributed by atoms with E-state index in [1.807, 2.05) is 31.0 Å². The summed E-state index contributed by atoms with van der Waals surface area (Å²) in [6.07, 6.45) is 0.591. The molecule has 2 aromatic rings. The molecule has 38 heavy (non-hydrogen) atoms. The van der Waals surface area contributed by atoms with E-state index in [2.05, 4.69) is 26.1 Å². The number of aliphatic hydroxyl groups is 1. The third-order valence-corrected chi connectivity index (χ3v) is 6.71. The molecule has 0 fully saturated rings. The van der Waals surface area contributed by atoms with Crippen LogP contribution in [0.1, 0.15) is 71.5 Å². The van der Waals surface area contributed by atoms with E-state index in [-0.39, 0.29) is 36.1 Å². The highest BCUT2D eigenvalue weighted by Gasteiger charge is 2.31. The van der Waals surface area contributed by atoms with Gasteiger partial charge in [-0.25, -0.2) is 0 Å². The van der Waals surface area contributed by atoms with Gasteiger partial charge in [0.25, 0.3) is 5.91 Å². The summed E-state index contributed by atoms with van der Waals surface area (Å²) in [4.78, 5) is 29.8. The van der Waals surface area contributed by atoms with Crippen molar-refractivity contribution < 1.29 is 24.2 Å². The molecule has 2 aromatic carbocycles. The van der Waals surface area contributed by atoms with Gasteiger partial charge in [-0.15, -0.1) is 0 Å². The van der Waals surface area contributed by atoms with E-state index in [1.165, 1.54) is 0 Å². The number of carbonyl (C=O) groups is 2. The highest BCUT2D eigenvalue weighted by Crippen LogP contribution is 2.40. The number of anilines is 1. The lowest BCUT2D eigenvalue weighted by Gasteiger charge is -2.29. The standard InChI is InChI=1S/C29H40N4O5/c1-8-38-25-14-19-16-33(27(30)20(19)15-21(25)28(36)31-5)17-24(35)18-12-22(29(2,3)4)26(37-7)23(13-18)32(6)10-9-11-34/h12-15,30,34H,8-11,16-17H2,1-7H3,(H,31,36). The van der Waals surface area contributed by atoms with Crippen LogP contribution in [0.15, 0.2) is 24.3 Å². The van der Waals surface area contributed by atoms with Crippen molar-refractivity contribution in [2.75, 3.05) is 52.4 Å². The van der Waals surface area contributed by atoms with E-state index in [0.29, 0.717) is 54.3 Å². The number of nitrogens with zero attached hydrogens (tertiary/aromatic N) is 2. The van der Waals surface area contributed by atoms with Crippen molar-refractivity contribution in [1.82, 2.24) is 10.2 Å². The highest BCUT2D eigenvalue weighted by molar-refractivity contribution is 6.08. The Bertz CT molecular complexity index is 1220. The largest absolute Gasteiger partial charge is 0.494 e. The van der Waals surface area contributed by atoms with Gasteiger partial charge in [0.15, 0.2) is 5.78 Å². The molecule has 0 unspecified atom stereocenters. The number of hydrogen-bond donors (Lipinski definition) is 3. The van der Waals surface area contributed by atoms with Crippen LogP contribution in [-0.4, -0.2) is 75.0 Å². The molecule has 9 heteroatoms. The van der Waals surface area contributed by atoms with Crippen LogP contribution in [0.3, 0.4) is 0 Å². The molecule has 3 N–H and O–H groups in total. The van der Waals surface area contributed by atoms with Gasteiger partial charge in [0.05, 0.1) is 31.5 Å². The normalized spacial score (nSPS) is 12.8. The van der Waals surface area contributed by atoms with Crippen LogP contribution in [0.5, 0.6) is 11.5 Å². The Labute approximate surface area is 225 Å². The summed E-state index contributed by atoms with van der Waals surface area (Å²) in [6.45, 7) is 9.55. The summed E-state index contributed by atoms with van der Waals surface area (Å²) < 4.78 is 11.5. The number of amides is 1. The van der Waals surface area contributed by atoms with Crippen molar-refractivity contribution in [2.24, 2.45) is 0 Å².